The van der Waals surface area contributed by atoms with Crippen LogP contribution in [-0.2, 0) is 4.84 Å². The lowest BCUT2D eigenvalue weighted by Crippen LogP contribution is -1.95. The van der Waals surface area contributed by atoms with Crippen LogP contribution >= 0.6 is 0 Å². The number of benzene rings is 1. The molecule has 0 unspecified atom stereocenters. The lowest BCUT2D eigenvalue weighted by Gasteiger charge is -1.99. The van der Waals surface area contributed by atoms with E-state index in [1.807, 2.05) is 38.1 Å². The van der Waals surface area contributed by atoms with Crippen LogP contribution in [0, 0.1) is 6.07 Å². The fourth-order valence-corrected chi connectivity index (χ4v) is 0.696. The molecule has 0 heterocycles. The van der Waals surface area contributed by atoms with Crippen LogP contribution in [0.1, 0.15) is 19.4 Å². The summed E-state index contributed by atoms with van der Waals surface area (Å²) in [5.41, 5.74) is 0.929. The van der Waals surface area contributed by atoms with E-state index in [0.29, 0.717) is 0 Å². The Morgan fingerprint density at radius 2 is 2.33 bits per heavy atom. The molecule has 0 aliphatic heterocycles. The SMILES string of the molecule is CC(C)ON=Cc1[c]cccc1. The van der Waals surface area contributed by atoms with Gasteiger partial charge in [0.15, 0.2) is 0 Å². The Morgan fingerprint density at radius 3 is 2.92 bits per heavy atom. The zero-order valence-electron chi connectivity index (χ0n) is 7.32. The predicted octanol–water partition coefficient (Wildman–Crippen LogP) is 2.25. The maximum absolute atomic E-state index is 5.00. The standard InChI is InChI=1S/C10H12NO/c1-9(2)12-11-8-10-6-4-3-5-7-10/h3-6,8-9H,1-2H3. The van der Waals surface area contributed by atoms with E-state index >= 15 is 0 Å². The average Bonchev–Trinajstić information content (AvgIpc) is 2.05. The smallest absolute Gasteiger partial charge is 0.122 e. The van der Waals surface area contributed by atoms with Crippen LogP contribution in [0.5, 0.6) is 0 Å². The van der Waals surface area contributed by atoms with Crippen LogP contribution in [0.3, 0.4) is 0 Å². The maximum atomic E-state index is 5.00. The average molecular weight is 162 g/mol. The van der Waals surface area contributed by atoms with Gasteiger partial charge in [-0.25, -0.2) is 0 Å². The molecule has 63 valence electrons. The molecule has 0 saturated heterocycles. The first-order valence-electron chi connectivity index (χ1n) is 3.95. The third-order valence-corrected chi connectivity index (χ3v) is 1.20. The molecule has 0 amide bonds. The Balaban J connectivity index is 2.47. The van der Waals surface area contributed by atoms with Gasteiger partial charge < -0.3 is 4.84 Å². The van der Waals surface area contributed by atoms with Gasteiger partial charge in [0, 0.05) is 5.56 Å². The van der Waals surface area contributed by atoms with Crippen molar-refractivity contribution in [3.8, 4) is 0 Å². The molecule has 12 heavy (non-hydrogen) atoms. The fraction of sp³-hybridized carbons (Fsp3) is 0.300. The molecule has 1 aromatic rings. The van der Waals surface area contributed by atoms with E-state index in [-0.39, 0.29) is 6.10 Å². The van der Waals surface area contributed by atoms with Gasteiger partial charge in [-0.15, -0.1) is 0 Å². The van der Waals surface area contributed by atoms with E-state index in [9.17, 15) is 0 Å². The van der Waals surface area contributed by atoms with Crippen molar-refractivity contribution >= 4 is 6.21 Å². The second-order valence-electron chi connectivity index (χ2n) is 2.71. The molecule has 1 radical (unpaired) electrons. The highest BCUT2D eigenvalue weighted by atomic mass is 16.6. The predicted molar refractivity (Wildman–Crippen MR) is 49.1 cm³/mol. The van der Waals surface area contributed by atoms with Crippen molar-refractivity contribution in [3.05, 3.63) is 35.9 Å². The minimum Gasteiger partial charge on any atom is -0.393 e. The first-order chi connectivity index (χ1) is 5.79. The van der Waals surface area contributed by atoms with Gasteiger partial charge in [-0.2, -0.15) is 0 Å². The molecular weight excluding hydrogens is 150 g/mol. The maximum Gasteiger partial charge on any atom is 0.122 e. The second-order valence-corrected chi connectivity index (χ2v) is 2.71. The number of hydrogen-bond donors (Lipinski definition) is 0. The molecule has 0 spiro atoms. The quantitative estimate of drug-likeness (QED) is 0.493. The van der Waals surface area contributed by atoms with E-state index < -0.39 is 0 Å². The van der Waals surface area contributed by atoms with Crippen molar-refractivity contribution in [3.63, 3.8) is 0 Å². The van der Waals surface area contributed by atoms with Gasteiger partial charge in [0.1, 0.15) is 6.10 Å². The fourth-order valence-electron chi connectivity index (χ4n) is 0.696. The van der Waals surface area contributed by atoms with Gasteiger partial charge in [-0.05, 0) is 19.9 Å². The number of nitrogens with zero attached hydrogens (tertiary/aromatic N) is 1. The summed E-state index contributed by atoms with van der Waals surface area (Å²) in [4.78, 5) is 5.00. The molecule has 0 saturated carbocycles. The molecule has 0 bridgehead atoms. The van der Waals surface area contributed by atoms with E-state index in [2.05, 4.69) is 11.2 Å². The summed E-state index contributed by atoms with van der Waals surface area (Å²) in [5, 5.41) is 3.78. The summed E-state index contributed by atoms with van der Waals surface area (Å²) >= 11 is 0. The molecule has 1 aromatic carbocycles. The first-order valence-corrected chi connectivity index (χ1v) is 3.95. The summed E-state index contributed by atoms with van der Waals surface area (Å²) < 4.78 is 0. The molecule has 2 nitrogen and oxygen atoms in total. The van der Waals surface area contributed by atoms with E-state index in [4.69, 9.17) is 4.84 Å². The van der Waals surface area contributed by atoms with E-state index in [1.54, 1.807) is 6.21 Å². The van der Waals surface area contributed by atoms with Crippen molar-refractivity contribution in [1.82, 2.24) is 0 Å². The highest BCUT2D eigenvalue weighted by Gasteiger charge is 1.88. The van der Waals surface area contributed by atoms with Crippen molar-refractivity contribution < 1.29 is 4.84 Å². The third kappa shape index (κ3) is 3.19. The Hall–Kier alpha value is -1.31. The van der Waals surface area contributed by atoms with Crippen molar-refractivity contribution in [2.75, 3.05) is 0 Å². The summed E-state index contributed by atoms with van der Waals surface area (Å²) in [6.07, 6.45) is 1.78. The normalized spacial score (nSPS) is 10.9. The van der Waals surface area contributed by atoms with Crippen LogP contribution < -0.4 is 0 Å². The molecule has 0 aliphatic carbocycles. The highest BCUT2D eigenvalue weighted by molar-refractivity contribution is 5.78. The van der Waals surface area contributed by atoms with Gasteiger partial charge in [0.05, 0.1) is 6.21 Å². The second kappa shape index (κ2) is 4.54. The summed E-state index contributed by atoms with van der Waals surface area (Å²) in [5.74, 6) is 0. The lowest BCUT2D eigenvalue weighted by atomic mass is 10.2. The van der Waals surface area contributed by atoms with Crippen LogP contribution in [0.25, 0.3) is 0 Å². The van der Waals surface area contributed by atoms with Gasteiger partial charge in [0.2, 0.25) is 0 Å². The van der Waals surface area contributed by atoms with Crippen molar-refractivity contribution in [2.45, 2.75) is 20.0 Å². The molecule has 0 aliphatic rings. The van der Waals surface area contributed by atoms with E-state index in [0.717, 1.165) is 5.56 Å². The number of oxime groups is 1. The minimum atomic E-state index is 0.130. The zero-order valence-corrected chi connectivity index (χ0v) is 7.32. The lowest BCUT2D eigenvalue weighted by molar-refractivity contribution is 0.0873. The Labute approximate surface area is 72.9 Å². The molecule has 0 aromatic heterocycles. The van der Waals surface area contributed by atoms with Crippen molar-refractivity contribution in [1.29, 1.82) is 0 Å². The Morgan fingerprint density at radius 1 is 1.50 bits per heavy atom. The summed E-state index contributed by atoms with van der Waals surface area (Å²) in [6.45, 7) is 3.87. The largest absolute Gasteiger partial charge is 0.393 e. The van der Waals surface area contributed by atoms with Crippen LogP contribution in [0.15, 0.2) is 29.4 Å². The highest BCUT2D eigenvalue weighted by Crippen LogP contribution is 1.94. The van der Waals surface area contributed by atoms with Gasteiger partial charge in [-0.3, -0.25) is 0 Å². The Bertz CT molecular complexity index is 241. The van der Waals surface area contributed by atoms with Crippen LogP contribution in [0.2, 0.25) is 0 Å². The van der Waals surface area contributed by atoms with Gasteiger partial charge in [0.25, 0.3) is 0 Å². The topological polar surface area (TPSA) is 21.6 Å². The van der Waals surface area contributed by atoms with Crippen LogP contribution in [-0.4, -0.2) is 12.3 Å². The molecule has 0 fully saturated rings. The molecule has 2 heteroatoms. The number of rotatable bonds is 3. The summed E-state index contributed by atoms with van der Waals surface area (Å²) in [6, 6.07) is 10.6. The van der Waals surface area contributed by atoms with Gasteiger partial charge in [-0.1, -0.05) is 29.4 Å². The molecule has 1 rings (SSSR count). The first kappa shape index (κ1) is 8.78. The van der Waals surface area contributed by atoms with Crippen LogP contribution in [0.4, 0.5) is 0 Å². The van der Waals surface area contributed by atoms with E-state index in [1.165, 1.54) is 0 Å². The van der Waals surface area contributed by atoms with Gasteiger partial charge >= 0.3 is 0 Å². The number of hydrogen-bond acceptors (Lipinski definition) is 2. The molecular formula is C10H12NO. The minimum absolute atomic E-state index is 0.130. The Kier molecular flexibility index (Phi) is 3.33. The third-order valence-electron chi connectivity index (χ3n) is 1.20. The zero-order chi connectivity index (χ0) is 8.81. The summed E-state index contributed by atoms with van der Waals surface area (Å²) in [7, 11) is 0. The van der Waals surface area contributed by atoms with Crippen molar-refractivity contribution in [2.24, 2.45) is 5.16 Å². The molecule has 0 N–H and O–H groups in total. The molecule has 0 atom stereocenters. The monoisotopic (exact) mass is 162 g/mol.